The molecule has 0 atom stereocenters. The van der Waals surface area contributed by atoms with Crippen molar-refractivity contribution in [3.05, 3.63) is 29.0 Å². The Morgan fingerprint density at radius 3 is 3.00 bits per heavy atom. The van der Waals surface area contributed by atoms with Gasteiger partial charge in [-0.05, 0) is 24.9 Å². The minimum atomic E-state index is -0.0305. The predicted octanol–water partition coefficient (Wildman–Crippen LogP) is 1.98. The number of carbonyl (C=O) groups excluding carboxylic acids is 1. The van der Waals surface area contributed by atoms with E-state index >= 15 is 0 Å². The van der Waals surface area contributed by atoms with Crippen LogP contribution >= 0.6 is 11.3 Å². The van der Waals surface area contributed by atoms with Crippen LogP contribution in [0, 0.1) is 6.92 Å². The Labute approximate surface area is 122 Å². The van der Waals surface area contributed by atoms with Crippen LogP contribution in [0.25, 0.3) is 10.8 Å². The topological polar surface area (TPSA) is 67.2 Å². The lowest BCUT2D eigenvalue weighted by Gasteiger charge is -2.04. The summed E-state index contributed by atoms with van der Waals surface area (Å²) >= 11 is 1.57. The van der Waals surface area contributed by atoms with Crippen LogP contribution in [0.5, 0.6) is 0 Å². The zero-order valence-electron chi connectivity index (χ0n) is 11.7. The number of nitrogens with one attached hydrogen (secondary N) is 2. The number of likely N-dealkylation sites (N-methyl/N-ethyl adjacent to an activating group) is 1. The molecule has 0 aliphatic heterocycles. The van der Waals surface area contributed by atoms with Crippen molar-refractivity contribution in [2.24, 2.45) is 0 Å². The van der Waals surface area contributed by atoms with Crippen LogP contribution in [-0.2, 0) is 11.2 Å². The summed E-state index contributed by atoms with van der Waals surface area (Å²) in [6.45, 7) is 6.18. The highest BCUT2D eigenvalue weighted by molar-refractivity contribution is 7.13. The van der Waals surface area contributed by atoms with Crippen LogP contribution < -0.4 is 10.6 Å². The van der Waals surface area contributed by atoms with E-state index in [2.05, 4.69) is 15.6 Å². The minimum Gasteiger partial charge on any atom is -0.440 e. The molecule has 0 unspecified atom stereocenters. The molecule has 2 rings (SSSR count). The molecule has 0 saturated carbocycles. The van der Waals surface area contributed by atoms with E-state index < -0.39 is 0 Å². The Kier molecular flexibility index (Phi) is 5.31. The first-order valence-corrected chi connectivity index (χ1v) is 7.56. The molecule has 0 fully saturated rings. The number of carbonyl (C=O) groups is 1. The van der Waals surface area contributed by atoms with Crippen LogP contribution in [0.15, 0.2) is 21.9 Å². The van der Waals surface area contributed by atoms with Crippen molar-refractivity contribution in [1.82, 2.24) is 15.6 Å². The van der Waals surface area contributed by atoms with Gasteiger partial charge >= 0.3 is 0 Å². The molecule has 6 heteroatoms. The molecule has 0 aromatic carbocycles. The van der Waals surface area contributed by atoms with E-state index in [1.807, 2.05) is 31.4 Å². The standard InChI is InChI=1S/C14H19N3O2S/c1-3-15-6-7-16-13(18)9-11-10(2)19-14(17-11)12-5-4-8-20-12/h4-5,8,15H,3,6-7,9H2,1-2H3,(H,16,18). The molecule has 2 heterocycles. The molecule has 1 amide bonds. The lowest BCUT2D eigenvalue weighted by molar-refractivity contribution is -0.120. The molecule has 2 N–H and O–H groups in total. The van der Waals surface area contributed by atoms with Gasteiger partial charge in [0.2, 0.25) is 11.8 Å². The van der Waals surface area contributed by atoms with Crippen molar-refractivity contribution in [2.45, 2.75) is 20.3 Å². The van der Waals surface area contributed by atoms with Gasteiger partial charge in [0.1, 0.15) is 5.76 Å². The van der Waals surface area contributed by atoms with Crippen LogP contribution in [-0.4, -0.2) is 30.5 Å². The molecular weight excluding hydrogens is 274 g/mol. The molecular formula is C14H19N3O2S. The maximum Gasteiger partial charge on any atom is 0.236 e. The van der Waals surface area contributed by atoms with E-state index in [1.165, 1.54) is 0 Å². The number of nitrogens with zero attached hydrogens (tertiary/aromatic N) is 1. The van der Waals surface area contributed by atoms with Gasteiger partial charge in [-0.15, -0.1) is 11.3 Å². The third-order valence-corrected chi connectivity index (χ3v) is 3.68. The highest BCUT2D eigenvalue weighted by Crippen LogP contribution is 2.25. The molecule has 20 heavy (non-hydrogen) atoms. The van der Waals surface area contributed by atoms with Gasteiger partial charge in [-0.25, -0.2) is 4.98 Å². The van der Waals surface area contributed by atoms with Gasteiger partial charge in [0.25, 0.3) is 0 Å². The number of oxazole rings is 1. The summed E-state index contributed by atoms with van der Waals surface area (Å²) in [5, 5.41) is 7.98. The molecule has 0 bridgehead atoms. The molecule has 5 nitrogen and oxygen atoms in total. The van der Waals surface area contributed by atoms with Gasteiger partial charge in [0.05, 0.1) is 17.0 Å². The Balaban J connectivity index is 1.91. The summed E-state index contributed by atoms with van der Waals surface area (Å²) in [6.07, 6.45) is 0.257. The number of hydrogen-bond donors (Lipinski definition) is 2. The molecule has 0 radical (unpaired) electrons. The highest BCUT2D eigenvalue weighted by Gasteiger charge is 2.14. The summed E-state index contributed by atoms with van der Waals surface area (Å²) in [4.78, 5) is 17.2. The zero-order chi connectivity index (χ0) is 14.4. The number of aryl methyl sites for hydroxylation is 1. The second kappa shape index (κ2) is 7.21. The third-order valence-electron chi connectivity index (χ3n) is 2.83. The fourth-order valence-electron chi connectivity index (χ4n) is 1.78. The molecule has 0 saturated heterocycles. The van der Waals surface area contributed by atoms with E-state index in [-0.39, 0.29) is 12.3 Å². The monoisotopic (exact) mass is 293 g/mol. The van der Waals surface area contributed by atoms with Gasteiger partial charge in [0.15, 0.2) is 0 Å². The van der Waals surface area contributed by atoms with Gasteiger partial charge in [-0.2, -0.15) is 0 Å². The minimum absolute atomic E-state index is 0.0305. The maximum absolute atomic E-state index is 11.8. The zero-order valence-corrected chi connectivity index (χ0v) is 12.5. The number of amides is 1. The second-order valence-electron chi connectivity index (χ2n) is 4.38. The average molecular weight is 293 g/mol. The summed E-state index contributed by atoms with van der Waals surface area (Å²) in [5.41, 5.74) is 0.703. The molecule has 0 aliphatic rings. The second-order valence-corrected chi connectivity index (χ2v) is 5.33. The number of rotatable bonds is 7. The quantitative estimate of drug-likeness (QED) is 0.766. The predicted molar refractivity (Wildman–Crippen MR) is 79.8 cm³/mol. The molecule has 0 spiro atoms. The van der Waals surface area contributed by atoms with Gasteiger partial charge in [-0.3, -0.25) is 4.79 Å². The first kappa shape index (κ1) is 14.7. The van der Waals surface area contributed by atoms with E-state index in [4.69, 9.17) is 4.42 Å². The van der Waals surface area contributed by atoms with E-state index in [1.54, 1.807) is 11.3 Å². The number of thiophene rings is 1. The van der Waals surface area contributed by atoms with Crippen LogP contribution in [0.2, 0.25) is 0 Å². The first-order chi connectivity index (χ1) is 9.70. The summed E-state index contributed by atoms with van der Waals surface area (Å²) in [7, 11) is 0. The average Bonchev–Trinajstić information content (AvgIpc) is 3.05. The van der Waals surface area contributed by atoms with E-state index in [0.29, 0.717) is 23.9 Å². The summed E-state index contributed by atoms with van der Waals surface area (Å²) in [6, 6.07) is 3.91. The van der Waals surface area contributed by atoms with E-state index in [0.717, 1.165) is 18.0 Å². The Hall–Kier alpha value is -1.66. The van der Waals surface area contributed by atoms with Crippen molar-refractivity contribution in [3.63, 3.8) is 0 Å². The van der Waals surface area contributed by atoms with Crippen LogP contribution in [0.1, 0.15) is 18.4 Å². The van der Waals surface area contributed by atoms with Crippen LogP contribution in [0.3, 0.4) is 0 Å². The molecule has 2 aromatic rings. The molecule has 2 aromatic heterocycles. The van der Waals surface area contributed by atoms with Gasteiger partial charge in [-0.1, -0.05) is 13.0 Å². The fourth-order valence-corrected chi connectivity index (χ4v) is 2.43. The highest BCUT2D eigenvalue weighted by atomic mass is 32.1. The number of aromatic nitrogens is 1. The SMILES string of the molecule is CCNCCNC(=O)Cc1nc(-c2cccs2)oc1C. The molecule has 0 aliphatic carbocycles. The lowest BCUT2D eigenvalue weighted by atomic mass is 10.2. The van der Waals surface area contributed by atoms with E-state index in [9.17, 15) is 4.79 Å². The van der Waals surface area contributed by atoms with Gasteiger partial charge in [0, 0.05) is 13.1 Å². The molecule has 108 valence electrons. The normalized spacial score (nSPS) is 10.7. The van der Waals surface area contributed by atoms with Crippen molar-refractivity contribution < 1.29 is 9.21 Å². The van der Waals surface area contributed by atoms with Crippen molar-refractivity contribution >= 4 is 17.2 Å². The lowest BCUT2D eigenvalue weighted by Crippen LogP contribution is -2.32. The first-order valence-electron chi connectivity index (χ1n) is 6.68. The smallest absolute Gasteiger partial charge is 0.236 e. The largest absolute Gasteiger partial charge is 0.440 e. The third kappa shape index (κ3) is 3.91. The maximum atomic E-state index is 11.8. The van der Waals surface area contributed by atoms with Crippen molar-refractivity contribution in [2.75, 3.05) is 19.6 Å². The Morgan fingerprint density at radius 2 is 2.30 bits per heavy atom. The Bertz CT molecular complexity index is 549. The van der Waals surface area contributed by atoms with Crippen molar-refractivity contribution in [1.29, 1.82) is 0 Å². The van der Waals surface area contributed by atoms with Gasteiger partial charge < -0.3 is 15.1 Å². The number of hydrogen-bond acceptors (Lipinski definition) is 5. The summed E-state index contributed by atoms with van der Waals surface area (Å²) < 4.78 is 5.61. The van der Waals surface area contributed by atoms with Crippen molar-refractivity contribution in [3.8, 4) is 10.8 Å². The Morgan fingerprint density at radius 1 is 1.45 bits per heavy atom. The fraction of sp³-hybridized carbons (Fsp3) is 0.429. The summed E-state index contributed by atoms with van der Waals surface area (Å²) in [5.74, 6) is 1.26. The van der Waals surface area contributed by atoms with Crippen LogP contribution in [0.4, 0.5) is 0 Å².